The van der Waals surface area contributed by atoms with Crippen molar-refractivity contribution in [3.8, 4) is 0 Å². The number of carbonyl (C=O) groups is 2. The molecule has 1 atom stereocenters. The quantitative estimate of drug-likeness (QED) is 0.806. The van der Waals surface area contributed by atoms with Gasteiger partial charge in [0.1, 0.15) is 0 Å². The zero-order chi connectivity index (χ0) is 12.5. The van der Waals surface area contributed by atoms with E-state index >= 15 is 0 Å². The first-order valence-corrected chi connectivity index (χ1v) is 5.87. The Labute approximate surface area is 101 Å². The highest BCUT2D eigenvalue weighted by Gasteiger charge is 2.50. The summed E-state index contributed by atoms with van der Waals surface area (Å²) in [5.41, 5.74) is 0.753. The Hall–Kier alpha value is -1.64. The molecule has 1 unspecified atom stereocenters. The number of benzene rings is 1. The molecule has 1 aromatic carbocycles. The maximum Gasteiger partial charge on any atom is 0.224 e. The number of rotatable bonds is 4. The molecule has 3 nitrogen and oxygen atoms in total. The first-order chi connectivity index (χ1) is 8.00. The maximum atomic E-state index is 11.7. The summed E-state index contributed by atoms with van der Waals surface area (Å²) in [6.45, 7) is 4.22. The lowest BCUT2D eigenvalue weighted by atomic mass is 10.1. The van der Waals surface area contributed by atoms with Crippen LogP contribution in [0.4, 0.5) is 0 Å². The van der Waals surface area contributed by atoms with Crippen molar-refractivity contribution in [3.05, 3.63) is 35.9 Å². The Morgan fingerprint density at radius 2 is 1.88 bits per heavy atom. The normalized spacial score (nSPS) is 20.7. The predicted molar refractivity (Wildman–Crippen MR) is 65.7 cm³/mol. The van der Waals surface area contributed by atoms with Gasteiger partial charge in [0.25, 0.3) is 0 Å². The summed E-state index contributed by atoms with van der Waals surface area (Å²) in [7, 11) is 0. The van der Waals surface area contributed by atoms with Crippen molar-refractivity contribution in [2.24, 2.45) is 11.3 Å². The van der Waals surface area contributed by atoms with Crippen molar-refractivity contribution in [2.75, 3.05) is 6.54 Å². The Balaban J connectivity index is 1.83. The van der Waals surface area contributed by atoms with E-state index in [4.69, 9.17) is 0 Å². The molecular formula is C14H17NO2. The second-order valence-electron chi connectivity index (χ2n) is 5.25. The van der Waals surface area contributed by atoms with Crippen molar-refractivity contribution in [1.29, 1.82) is 0 Å². The highest BCUT2D eigenvalue weighted by molar-refractivity contribution is 5.99. The van der Waals surface area contributed by atoms with Gasteiger partial charge in [-0.3, -0.25) is 9.59 Å². The molecule has 1 N–H and O–H groups in total. The molecule has 90 valence electrons. The molecule has 1 aromatic rings. The second-order valence-corrected chi connectivity index (χ2v) is 5.25. The van der Waals surface area contributed by atoms with Crippen LogP contribution in [0.5, 0.6) is 0 Å². The smallest absolute Gasteiger partial charge is 0.224 e. The third kappa shape index (κ3) is 2.73. The number of hydrogen-bond donors (Lipinski definition) is 1. The average molecular weight is 231 g/mol. The van der Waals surface area contributed by atoms with Gasteiger partial charge in [-0.2, -0.15) is 0 Å². The zero-order valence-corrected chi connectivity index (χ0v) is 10.2. The minimum atomic E-state index is -0.0441. The summed E-state index contributed by atoms with van der Waals surface area (Å²) in [6, 6.07) is 9.02. The van der Waals surface area contributed by atoms with E-state index in [0.717, 1.165) is 6.42 Å². The number of carbonyl (C=O) groups excluding carboxylic acids is 2. The lowest BCUT2D eigenvalue weighted by Crippen LogP contribution is -2.31. The van der Waals surface area contributed by atoms with Crippen LogP contribution >= 0.6 is 0 Å². The molecule has 0 spiro atoms. The molecule has 1 aliphatic rings. The molecule has 1 aliphatic carbocycles. The standard InChI is InChI=1S/C14H17NO2/c1-14(2)8-11(14)13(17)15-9-12(16)10-6-4-3-5-7-10/h3-7,11H,8-9H2,1-2H3,(H,15,17). The van der Waals surface area contributed by atoms with E-state index in [0.29, 0.717) is 5.56 Å². The lowest BCUT2D eigenvalue weighted by Gasteiger charge is -2.05. The third-order valence-electron chi connectivity index (χ3n) is 3.35. The summed E-state index contributed by atoms with van der Waals surface area (Å²) in [5.74, 6) is 0.0303. The number of amides is 1. The van der Waals surface area contributed by atoms with Crippen molar-refractivity contribution in [2.45, 2.75) is 20.3 Å². The average Bonchev–Trinajstić information content (AvgIpc) is 2.96. The molecule has 3 heteroatoms. The van der Waals surface area contributed by atoms with E-state index in [2.05, 4.69) is 19.2 Å². The summed E-state index contributed by atoms with van der Waals surface area (Å²) < 4.78 is 0. The molecular weight excluding hydrogens is 214 g/mol. The maximum absolute atomic E-state index is 11.7. The zero-order valence-electron chi connectivity index (χ0n) is 10.2. The highest BCUT2D eigenvalue weighted by Crippen LogP contribution is 2.51. The van der Waals surface area contributed by atoms with Gasteiger partial charge >= 0.3 is 0 Å². The van der Waals surface area contributed by atoms with E-state index in [1.54, 1.807) is 12.1 Å². The molecule has 0 saturated heterocycles. The third-order valence-corrected chi connectivity index (χ3v) is 3.35. The van der Waals surface area contributed by atoms with E-state index in [9.17, 15) is 9.59 Å². The van der Waals surface area contributed by atoms with E-state index in [1.165, 1.54) is 0 Å². The van der Waals surface area contributed by atoms with Crippen LogP contribution in [0.3, 0.4) is 0 Å². The second kappa shape index (κ2) is 4.32. The largest absolute Gasteiger partial charge is 0.348 e. The summed E-state index contributed by atoms with van der Waals surface area (Å²) in [4.78, 5) is 23.4. The van der Waals surface area contributed by atoms with Gasteiger partial charge in [0.15, 0.2) is 5.78 Å². The fraction of sp³-hybridized carbons (Fsp3) is 0.429. The van der Waals surface area contributed by atoms with Crippen LogP contribution in [-0.2, 0) is 4.79 Å². The van der Waals surface area contributed by atoms with Gasteiger partial charge in [0.2, 0.25) is 5.91 Å². The fourth-order valence-corrected chi connectivity index (χ4v) is 1.93. The van der Waals surface area contributed by atoms with Crippen molar-refractivity contribution in [1.82, 2.24) is 5.32 Å². The SMILES string of the molecule is CC1(C)CC1C(=O)NCC(=O)c1ccccc1. The molecule has 0 aromatic heterocycles. The van der Waals surface area contributed by atoms with Gasteiger partial charge in [-0.15, -0.1) is 0 Å². The molecule has 0 aliphatic heterocycles. The van der Waals surface area contributed by atoms with Gasteiger partial charge in [-0.05, 0) is 11.8 Å². The van der Waals surface area contributed by atoms with Crippen LogP contribution in [0.2, 0.25) is 0 Å². The molecule has 0 bridgehead atoms. The number of Topliss-reactive ketones (excluding diaryl/α,β-unsaturated/α-hetero) is 1. The summed E-state index contributed by atoms with van der Waals surface area (Å²) >= 11 is 0. The Kier molecular flexibility index (Phi) is 3.01. The van der Waals surface area contributed by atoms with Crippen LogP contribution in [0.15, 0.2) is 30.3 Å². The number of ketones is 1. The van der Waals surface area contributed by atoms with E-state index in [-0.39, 0.29) is 29.6 Å². The van der Waals surface area contributed by atoms with E-state index < -0.39 is 0 Å². The van der Waals surface area contributed by atoms with Crippen LogP contribution in [0.1, 0.15) is 30.6 Å². The predicted octanol–water partition coefficient (Wildman–Crippen LogP) is 2.03. The van der Waals surface area contributed by atoms with Gasteiger partial charge in [-0.25, -0.2) is 0 Å². The van der Waals surface area contributed by atoms with Gasteiger partial charge in [0, 0.05) is 11.5 Å². The topological polar surface area (TPSA) is 46.2 Å². The van der Waals surface area contributed by atoms with Crippen LogP contribution in [-0.4, -0.2) is 18.2 Å². The minimum Gasteiger partial charge on any atom is -0.348 e. The number of nitrogens with one attached hydrogen (secondary N) is 1. The first-order valence-electron chi connectivity index (χ1n) is 5.87. The lowest BCUT2D eigenvalue weighted by molar-refractivity contribution is -0.122. The molecule has 2 rings (SSSR count). The van der Waals surface area contributed by atoms with E-state index in [1.807, 2.05) is 18.2 Å². The Bertz CT molecular complexity index is 437. The molecule has 1 saturated carbocycles. The fourth-order valence-electron chi connectivity index (χ4n) is 1.93. The Morgan fingerprint density at radius 3 is 2.41 bits per heavy atom. The highest BCUT2D eigenvalue weighted by atomic mass is 16.2. The van der Waals surface area contributed by atoms with Crippen molar-refractivity contribution >= 4 is 11.7 Å². The molecule has 0 radical (unpaired) electrons. The van der Waals surface area contributed by atoms with Crippen molar-refractivity contribution in [3.63, 3.8) is 0 Å². The monoisotopic (exact) mass is 231 g/mol. The summed E-state index contributed by atoms with van der Waals surface area (Å²) in [6.07, 6.45) is 0.915. The minimum absolute atomic E-state index is 0.000666. The van der Waals surface area contributed by atoms with Crippen LogP contribution in [0, 0.1) is 11.3 Å². The first kappa shape index (κ1) is 11.8. The molecule has 1 amide bonds. The molecule has 17 heavy (non-hydrogen) atoms. The van der Waals surface area contributed by atoms with Crippen molar-refractivity contribution < 1.29 is 9.59 Å². The Morgan fingerprint density at radius 1 is 1.29 bits per heavy atom. The van der Waals surface area contributed by atoms with Gasteiger partial charge in [-0.1, -0.05) is 44.2 Å². The molecule has 1 fully saturated rings. The van der Waals surface area contributed by atoms with Gasteiger partial charge < -0.3 is 5.32 Å². The summed E-state index contributed by atoms with van der Waals surface area (Å²) in [5, 5.41) is 2.71. The van der Waals surface area contributed by atoms with Gasteiger partial charge in [0.05, 0.1) is 6.54 Å². The molecule has 0 heterocycles. The van der Waals surface area contributed by atoms with Crippen LogP contribution < -0.4 is 5.32 Å². The number of hydrogen-bond acceptors (Lipinski definition) is 2. The van der Waals surface area contributed by atoms with Crippen LogP contribution in [0.25, 0.3) is 0 Å².